The number of hydrogen-bond acceptors (Lipinski definition) is 6. The Morgan fingerprint density at radius 3 is 2.62 bits per heavy atom. The van der Waals surface area contributed by atoms with Crippen molar-refractivity contribution in [1.29, 1.82) is 0 Å². The van der Waals surface area contributed by atoms with Crippen molar-refractivity contribution in [2.75, 3.05) is 38.0 Å². The second-order valence-corrected chi connectivity index (χ2v) is 6.85. The van der Waals surface area contributed by atoms with Crippen molar-refractivity contribution in [3.05, 3.63) is 41.2 Å². The number of nitrogens with two attached hydrogens (primary N) is 1. The Morgan fingerprint density at radius 1 is 1.19 bits per heavy atom. The van der Waals surface area contributed by atoms with Crippen molar-refractivity contribution >= 4 is 34.1 Å². The first kappa shape index (κ1) is 18.2. The average Bonchev–Trinajstić information content (AvgIpc) is 3.31. The van der Waals surface area contributed by atoms with Gasteiger partial charge in [-0.2, -0.15) is 0 Å². The van der Waals surface area contributed by atoms with Crippen LogP contribution in [0.4, 0.5) is 5.00 Å². The molecular weight excluding hydrogens is 356 g/mol. The van der Waals surface area contributed by atoms with Crippen LogP contribution in [0.15, 0.2) is 34.3 Å². The molecule has 1 aliphatic rings. The molecule has 2 aromatic heterocycles. The van der Waals surface area contributed by atoms with Crippen molar-refractivity contribution in [1.82, 2.24) is 9.80 Å². The van der Waals surface area contributed by atoms with Crippen LogP contribution >= 0.6 is 11.3 Å². The largest absolute Gasteiger partial charge is 0.459 e. The minimum Gasteiger partial charge on any atom is -0.459 e. The van der Waals surface area contributed by atoms with Crippen LogP contribution in [0.25, 0.3) is 0 Å². The van der Waals surface area contributed by atoms with Gasteiger partial charge >= 0.3 is 0 Å². The van der Waals surface area contributed by atoms with Gasteiger partial charge in [-0.15, -0.1) is 11.3 Å². The lowest BCUT2D eigenvalue weighted by Crippen LogP contribution is -2.49. The lowest BCUT2D eigenvalue weighted by molar-refractivity contribution is -0.116. The second kappa shape index (κ2) is 8.15. The third-order valence-electron chi connectivity index (χ3n) is 4.23. The highest BCUT2D eigenvalue weighted by Crippen LogP contribution is 2.22. The number of amides is 3. The summed E-state index contributed by atoms with van der Waals surface area (Å²) in [6.07, 6.45) is 1.79. The monoisotopic (exact) mass is 376 g/mol. The average molecular weight is 376 g/mol. The Hall–Kier alpha value is -2.65. The minimum absolute atomic E-state index is 0.107. The summed E-state index contributed by atoms with van der Waals surface area (Å²) in [5.74, 6) is -0.481. The maximum Gasteiger partial charge on any atom is 0.289 e. The zero-order valence-corrected chi connectivity index (χ0v) is 15.0. The number of carbonyl (C=O) groups excluding carboxylic acids is 3. The number of nitrogens with one attached hydrogen (secondary N) is 1. The summed E-state index contributed by atoms with van der Waals surface area (Å²) in [7, 11) is 0. The van der Waals surface area contributed by atoms with Crippen molar-refractivity contribution in [3.8, 4) is 0 Å². The number of piperazine rings is 1. The lowest BCUT2D eigenvalue weighted by Gasteiger charge is -2.34. The summed E-state index contributed by atoms with van der Waals surface area (Å²) >= 11 is 1.27. The molecule has 3 heterocycles. The molecule has 1 saturated heterocycles. The maximum atomic E-state index is 12.2. The summed E-state index contributed by atoms with van der Waals surface area (Å²) in [6.45, 7) is 3.18. The Balaban J connectivity index is 1.42. The second-order valence-electron chi connectivity index (χ2n) is 5.94. The number of carbonyl (C=O) groups is 3. The van der Waals surface area contributed by atoms with Crippen LogP contribution in [0.3, 0.4) is 0 Å². The Kier molecular flexibility index (Phi) is 5.69. The van der Waals surface area contributed by atoms with Crippen LogP contribution in [-0.2, 0) is 4.79 Å². The summed E-state index contributed by atoms with van der Waals surface area (Å²) in [5.41, 5.74) is 5.59. The molecule has 3 N–H and O–H groups in total. The quantitative estimate of drug-likeness (QED) is 0.788. The van der Waals surface area contributed by atoms with Crippen molar-refractivity contribution < 1.29 is 18.8 Å². The van der Waals surface area contributed by atoms with Gasteiger partial charge < -0.3 is 20.4 Å². The fourth-order valence-corrected chi connectivity index (χ4v) is 3.59. The van der Waals surface area contributed by atoms with Crippen LogP contribution in [0.1, 0.15) is 27.3 Å². The van der Waals surface area contributed by atoms with Gasteiger partial charge in [-0.3, -0.25) is 19.3 Å². The van der Waals surface area contributed by atoms with E-state index >= 15 is 0 Å². The van der Waals surface area contributed by atoms with Gasteiger partial charge in [0.05, 0.1) is 11.8 Å². The molecular formula is C17H20N4O4S. The SMILES string of the molecule is NC(=O)c1ccsc1NC(=O)CCN1CCN(C(=O)c2ccco2)CC1. The number of primary amides is 1. The highest BCUT2D eigenvalue weighted by Gasteiger charge is 2.24. The van der Waals surface area contributed by atoms with E-state index in [1.807, 2.05) is 0 Å². The number of anilines is 1. The Morgan fingerprint density at radius 2 is 1.96 bits per heavy atom. The van der Waals surface area contributed by atoms with Gasteiger partial charge in [-0.1, -0.05) is 0 Å². The third kappa shape index (κ3) is 4.30. The summed E-state index contributed by atoms with van der Waals surface area (Å²) in [6, 6.07) is 4.95. The molecule has 2 aromatic rings. The van der Waals surface area contributed by atoms with Crippen LogP contribution in [-0.4, -0.2) is 60.2 Å². The first-order valence-corrected chi connectivity index (χ1v) is 9.15. The number of hydrogen-bond donors (Lipinski definition) is 2. The van der Waals surface area contributed by atoms with Crippen LogP contribution < -0.4 is 11.1 Å². The van der Waals surface area contributed by atoms with Crippen molar-refractivity contribution in [2.24, 2.45) is 5.73 Å². The zero-order valence-electron chi connectivity index (χ0n) is 14.1. The number of nitrogens with zero attached hydrogens (tertiary/aromatic N) is 2. The molecule has 0 atom stereocenters. The first-order chi connectivity index (χ1) is 12.5. The highest BCUT2D eigenvalue weighted by atomic mass is 32.1. The molecule has 3 rings (SSSR count). The van der Waals surface area contributed by atoms with E-state index in [0.717, 1.165) is 0 Å². The molecule has 0 saturated carbocycles. The van der Waals surface area contributed by atoms with Crippen LogP contribution in [0.2, 0.25) is 0 Å². The van der Waals surface area contributed by atoms with E-state index in [2.05, 4.69) is 10.2 Å². The first-order valence-electron chi connectivity index (χ1n) is 8.27. The van der Waals surface area contributed by atoms with E-state index < -0.39 is 5.91 Å². The number of furan rings is 1. The standard InChI is InChI=1S/C17H20N4O4S/c18-15(23)12-4-11-26-16(12)19-14(22)3-5-20-6-8-21(9-7-20)17(24)13-2-1-10-25-13/h1-2,4,10-11H,3,5-9H2,(H2,18,23)(H,19,22). The fourth-order valence-electron chi connectivity index (χ4n) is 2.78. The molecule has 1 fully saturated rings. The molecule has 0 unspecified atom stereocenters. The molecule has 0 bridgehead atoms. The third-order valence-corrected chi connectivity index (χ3v) is 5.06. The molecule has 0 aliphatic carbocycles. The highest BCUT2D eigenvalue weighted by molar-refractivity contribution is 7.14. The Labute approximate surface area is 154 Å². The van der Waals surface area contributed by atoms with Gasteiger partial charge in [-0.05, 0) is 23.6 Å². The van der Waals surface area contributed by atoms with E-state index in [4.69, 9.17) is 10.2 Å². The molecule has 0 aromatic carbocycles. The van der Waals surface area contributed by atoms with Crippen LogP contribution in [0.5, 0.6) is 0 Å². The minimum atomic E-state index is -0.557. The number of rotatable bonds is 6. The van der Waals surface area contributed by atoms with Gasteiger partial charge in [0.1, 0.15) is 5.00 Å². The molecule has 9 heteroatoms. The molecule has 1 aliphatic heterocycles. The van der Waals surface area contributed by atoms with Gasteiger partial charge in [0, 0.05) is 39.1 Å². The fraction of sp³-hybridized carbons (Fsp3) is 0.353. The Bertz CT molecular complexity index is 779. The van der Waals surface area contributed by atoms with E-state index in [-0.39, 0.29) is 11.8 Å². The normalized spacial score (nSPS) is 15.0. The molecule has 0 radical (unpaired) electrons. The lowest BCUT2D eigenvalue weighted by atomic mass is 10.2. The number of thiophene rings is 1. The smallest absolute Gasteiger partial charge is 0.289 e. The molecule has 8 nitrogen and oxygen atoms in total. The maximum absolute atomic E-state index is 12.2. The van der Waals surface area contributed by atoms with Gasteiger partial charge in [0.25, 0.3) is 11.8 Å². The summed E-state index contributed by atoms with van der Waals surface area (Å²) in [4.78, 5) is 39.5. The van der Waals surface area contributed by atoms with E-state index in [1.54, 1.807) is 28.5 Å². The van der Waals surface area contributed by atoms with E-state index in [1.165, 1.54) is 17.6 Å². The van der Waals surface area contributed by atoms with Crippen molar-refractivity contribution in [2.45, 2.75) is 6.42 Å². The van der Waals surface area contributed by atoms with E-state index in [9.17, 15) is 14.4 Å². The van der Waals surface area contributed by atoms with Crippen molar-refractivity contribution in [3.63, 3.8) is 0 Å². The van der Waals surface area contributed by atoms with Gasteiger partial charge in [-0.25, -0.2) is 0 Å². The molecule has 138 valence electrons. The summed E-state index contributed by atoms with van der Waals surface area (Å²) < 4.78 is 5.14. The zero-order chi connectivity index (χ0) is 18.5. The predicted octanol–water partition coefficient (Wildman–Crippen LogP) is 1.23. The van der Waals surface area contributed by atoms with Gasteiger partial charge in [0.2, 0.25) is 5.91 Å². The van der Waals surface area contributed by atoms with E-state index in [0.29, 0.717) is 55.5 Å². The predicted molar refractivity (Wildman–Crippen MR) is 97.1 cm³/mol. The van der Waals surface area contributed by atoms with Gasteiger partial charge in [0.15, 0.2) is 5.76 Å². The summed E-state index contributed by atoms with van der Waals surface area (Å²) in [5, 5.41) is 4.93. The van der Waals surface area contributed by atoms with Crippen LogP contribution in [0, 0.1) is 0 Å². The molecule has 3 amide bonds. The molecule has 0 spiro atoms. The molecule has 26 heavy (non-hydrogen) atoms. The topological polar surface area (TPSA) is 109 Å².